The SMILES string of the molecule is CCC(NC(=O)c1ccc(CNC(=O)Cc2ccc(OC)cc2)cc1)c1nc(C)cs1. The third-order valence-electron chi connectivity index (χ3n) is 4.88. The van der Waals surface area contributed by atoms with E-state index < -0.39 is 0 Å². The molecule has 31 heavy (non-hydrogen) atoms. The van der Waals surface area contributed by atoms with Crippen molar-refractivity contribution in [1.29, 1.82) is 0 Å². The molecule has 1 aromatic heterocycles. The molecule has 0 radical (unpaired) electrons. The minimum absolute atomic E-state index is 0.0588. The van der Waals surface area contributed by atoms with Gasteiger partial charge in [0.1, 0.15) is 10.8 Å². The monoisotopic (exact) mass is 437 g/mol. The van der Waals surface area contributed by atoms with Crippen molar-refractivity contribution in [1.82, 2.24) is 15.6 Å². The Hall–Kier alpha value is -3.19. The molecule has 2 N–H and O–H groups in total. The molecular weight excluding hydrogens is 410 g/mol. The maximum atomic E-state index is 12.6. The molecule has 2 aromatic carbocycles. The fraction of sp³-hybridized carbons (Fsp3) is 0.292. The van der Waals surface area contributed by atoms with Gasteiger partial charge < -0.3 is 15.4 Å². The highest BCUT2D eigenvalue weighted by molar-refractivity contribution is 7.09. The van der Waals surface area contributed by atoms with Gasteiger partial charge in [-0.25, -0.2) is 4.98 Å². The predicted octanol–water partition coefficient (Wildman–Crippen LogP) is 4.20. The van der Waals surface area contributed by atoms with Crippen LogP contribution in [0.1, 0.15) is 51.6 Å². The molecule has 0 bridgehead atoms. The molecule has 7 heteroatoms. The van der Waals surface area contributed by atoms with Crippen LogP contribution in [-0.2, 0) is 17.8 Å². The molecule has 0 fully saturated rings. The van der Waals surface area contributed by atoms with Crippen LogP contribution in [0, 0.1) is 6.92 Å². The van der Waals surface area contributed by atoms with E-state index in [2.05, 4.69) is 15.6 Å². The van der Waals surface area contributed by atoms with Crippen LogP contribution in [0.2, 0.25) is 0 Å². The largest absolute Gasteiger partial charge is 0.497 e. The summed E-state index contributed by atoms with van der Waals surface area (Å²) in [5, 5.41) is 8.87. The number of nitrogens with zero attached hydrogens (tertiary/aromatic N) is 1. The zero-order valence-electron chi connectivity index (χ0n) is 18.0. The lowest BCUT2D eigenvalue weighted by Gasteiger charge is -2.14. The molecule has 0 saturated heterocycles. The fourth-order valence-corrected chi connectivity index (χ4v) is 4.01. The smallest absolute Gasteiger partial charge is 0.251 e. The fourth-order valence-electron chi connectivity index (χ4n) is 3.08. The highest BCUT2D eigenvalue weighted by Gasteiger charge is 2.17. The van der Waals surface area contributed by atoms with Crippen molar-refractivity contribution < 1.29 is 14.3 Å². The van der Waals surface area contributed by atoms with Gasteiger partial charge in [-0.1, -0.05) is 31.2 Å². The van der Waals surface area contributed by atoms with Gasteiger partial charge in [0.25, 0.3) is 5.91 Å². The number of rotatable bonds is 9. The van der Waals surface area contributed by atoms with E-state index in [4.69, 9.17) is 4.74 Å². The van der Waals surface area contributed by atoms with Crippen molar-refractivity contribution in [3.63, 3.8) is 0 Å². The number of nitrogens with one attached hydrogen (secondary N) is 2. The molecule has 1 atom stereocenters. The molecule has 0 spiro atoms. The average molecular weight is 438 g/mol. The molecule has 3 aromatic rings. The Labute approximate surface area is 186 Å². The Morgan fingerprint density at radius 2 is 1.74 bits per heavy atom. The molecule has 6 nitrogen and oxygen atoms in total. The molecule has 0 aliphatic carbocycles. The summed E-state index contributed by atoms with van der Waals surface area (Å²) in [7, 11) is 1.61. The van der Waals surface area contributed by atoms with Gasteiger partial charge in [-0.2, -0.15) is 0 Å². The summed E-state index contributed by atoms with van der Waals surface area (Å²) in [5.41, 5.74) is 3.40. The van der Waals surface area contributed by atoms with E-state index in [1.807, 2.05) is 55.6 Å². The maximum Gasteiger partial charge on any atom is 0.251 e. The molecule has 0 aliphatic heterocycles. The van der Waals surface area contributed by atoms with E-state index in [9.17, 15) is 9.59 Å². The Balaban J connectivity index is 1.50. The molecule has 0 saturated carbocycles. The van der Waals surface area contributed by atoms with E-state index in [0.717, 1.165) is 34.0 Å². The van der Waals surface area contributed by atoms with E-state index >= 15 is 0 Å². The highest BCUT2D eigenvalue weighted by Crippen LogP contribution is 2.21. The topological polar surface area (TPSA) is 80.3 Å². The molecular formula is C24H27N3O3S. The standard InChI is InChI=1S/C24H27N3O3S/c1-4-21(24-26-16(2)15-31-24)27-23(29)19-9-5-18(6-10-19)14-25-22(28)13-17-7-11-20(30-3)12-8-17/h5-12,15,21H,4,13-14H2,1-3H3,(H,25,28)(H,27,29). The lowest BCUT2D eigenvalue weighted by atomic mass is 10.1. The first-order chi connectivity index (χ1) is 15.0. The number of benzene rings is 2. The van der Waals surface area contributed by atoms with Crippen LogP contribution in [0.25, 0.3) is 0 Å². The molecule has 2 amide bonds. The van der Waals surface area contributed by atoms with Crippen LogP contribution in [0.3, 0.4) is 0 Å². The van der Waals surface area contributed by atoms with Crippen molar-refractivity contribution in [2.45, 2.75) is 39.3 Å². The summed E-state index contributed by atoms with van der Waals surface area (Å²) in [6.45, 7) is 4.38. The number of aryl methyl sites for hydroxylation is 1. The van der Waals surface area contributed by atoms with Crippen molar-refractivity contribution in [3.05, 3.63) is 81.3 Å². The third-order valence-corrected chi connectivity index (χ3v) is 5.95. The van der Waals surface area contributed by atoms with Gasteiger partial charge in [0.2, 0.25) is 5.91 Å². The summed E-state index contributed by atoms with van der Waals surface area (Å²) >= 11 is 1.56. The van der Waals surface area contributed by atoms with Crippen LogP contribution < -0.4 is 15.4 Å². The second kappa shape index (κ2) is 10.7. The number of methoxy groups -OCH3 is 1. The zero-order valence-corrected chi connectivity index (χ0v) is 18.8. The van der Waals surface area contributed by atoms with E-state index in [1.165, 1.54) is 0 Å². The Kier molecular flexibility index (Phi) is 7.78. The van der Waals surface area contributed by atoms with Crippen molar-refractivity contribution in [2.24, 2.45) is 0 Å². The van der Waals surface area contributed by atoms with Gasteiger partial charge in [0.05, 0.1) is 19.6 Å². The number of hydrogen-bond donors (Lipinski definition) is 2. The van der Waals surface area contributed by atoms with Crippen LogP contribution in [0.4, 0.5) is 0 Å². The number of thiazole rings is 1. The second-order valence-electron chi connectivity index (χ2n) is 7.26. The minimum atomic E-state index is -0.130. The molecule has 3 rings (SSSR count). The summed E-state index contributed by atoms with van der Waals surface area (Å²) < 4.78 is 5.13. The second-order valence-corrected chi connectivity index (χ2v) is 8.15. The van der Waals surface area contributed by atoms with Gasteiger partial charge in [0.15, 0.2) is 0 Å². The normalized spacial score (nSPS) is 11.6. The lowest BCUT2D eigenvalue weighted by Crippen LogP contribution is -2.28. The number of carbonyl (C=O) groups is 2. The van der Waals surface area contributed by atoms with Crippen LogP contribution in [0.5, 0.6) is 5.75 Å². The lowest BCUT2D eigenvalue weighted by molar-refractivity contribution is -0.120. The number of hydrogen-bond acceptors (Lipinski definition) is 5. The van der Waals surface area contributed by atoms with Gasteiger partial charge in [0, 0.05) is 23.2 Å². The van der Waals surface area contributed by atoms with Crippen molar-refractivity contribution >= 4 is 23.2 Å². The minimum Gasteiger partial charge on any atom is -0.497 e. The third kappa shape index (κ3) is 6.39. The van der Waals surface area contributed by atoms with E-state index in [-0.39, 0.29) is 17.9 Å². The summed E-state index contributed by atoms with van der Waals surface area (Å²) in [5.74, 6) is 0.576. The summed E-state index contributed by atoms with van der Waals surface area (Å²) in [6, 6.07) is 14.6. The molecule has 0 aliphatic rings. The predicted molar refractivity (Wildman–Crippen MR) is 122 cm³/mol. The first-order valence-electron chi connectivity index (χ1n) is 10.2. The summed E-state index contributed by atoms with van der Waals surface area (Å²) in [6.07, 6.45) is 1.08. The Morgan fingerprint density at radius 1 is 1.06 bits per heavy atom. The average Bonchev–Trinajstić information content (AvgIpc) is 3.22. The zero-order chi connectivity index (χ0) is 22.2. The van der Waals surface area contributed by atoms with Gasteiger partial charge >= 0.3 is 0 Å². The van der Waals surface area contributed by atoms with Crippen molar-refractivity contribution in [2.75, 3.05) is 7.11 Å². The first kappa shape index (κ1) is 22.5. The first-order valence-corrected chi connectivity index (χ1v) is 11.1. The Bertz CT molecular complexity index is 1010. The number of ether oxygens (including phenoxy) is 1. The number of carbonyl (C=O) groups excluding carboxylic acids is 2. The van der Waals surface area contributed by atoms with E-state index in [1.54, 1.807) is 30.6 Å². The maximum absolute atomic E-state index is 12.6. The van der Waals surface area contributed by atoms with Gasteiger partial charge in [-0.05, 0) is 48.7 Å². The van der Waals surface area contributed by atoms with Gasteiger partial charge in [-0.15, -0.1) is 11.3 Å². The number of aromatic nitrogens is 1. The number of amides is 2. The molecule has 1 unspecified atom stereocenters. The molecule has 1 heterocycles. The van der Waals surface area contributed by atoms with E-state index in [0.29, 0.717) is 18.5 Å². The Morgan fingerprint density at radius 3 is 2.32 bits per heavy atom. The highest BCUT2D eigenvalue weighted by atomic mass is 32.1. The van der Waals surface area contributed by atoms with Gasteiger partial charge in [-0.3, -0.25) is 9.59 Å². The quantitative estimate of drug-likeness (QED) is 0.526. The summed E-state index contributed by atoms with van der Waals surface area (Å²) in [4.78, 5) is 29.3. The molecule has 162 valence electrons. The van der Waals surface area contributed by atoms with Crippen molar-refractivity contribution in [3.8, 4) is 5.75 Å². The van der Waals surface area contributed by atoms with Crippen LogP contribution in [0.15, 0.2) is 53.9 Å². The van der Waals surface area contributed by atoms with Crippen LogP contribution >= 0.6 is 11.3 Å². The van der Waals surface area contributed by atoms with Crippen LogP contribution in [-0.4, -0.2) is 23.9 Å².